The zero-order chi connectivity index (χ0) is 37.9. The minimum Gasteiger partial charge on any atom is -0.464 e. The van der Waals surface area contributed by atoms with Gasteiger partial charge in [0.2, 0.25) is 0 Å². The molecule has 2 N–H and O–H groups in total. The number of likely N-dealkylation sites (N-methyl/N-ethyl adjacent to an activating group) is 1. The Balaban J connectivity index is 0.00000280. The molecule has 2 aliphatic heterocycles. The van der Waals surface area contributed by atoms with Crippen molar-refractivity contribution in [3.8, 4) is 22.5 Å². The molecular weight excluding hydrogens is 791 g/mol. The molecule has 0 unspecified atom stereocenters. The van der Waals surface area contributed by atoms with Gasteiger partial charge in [0.15, 0.2) is 0 Å². The van der Waals surface area contributed by atoms with E-state index in [1.165, 1.54) is 16.3 Å². The van der Waals surface area contributed by atoms with Gasteiger partial charge in [0.25, 0.3) is 5.91 Å². The highest BCUT2D eigenvalue weighted by Crippen LogP contribution is 2.42. The summed E-state index contributed by atoms with van der Waals surface area (Å²) in [6.45, 7) is 10.3. The summed E-state index contributed by atoms with van der Waals surface area (Å²) in [6, 6.07) is 8.77. The van der Waals surface area contributed by atoms with Crippen LogP contribution in [0.2, 0.25) is 0 Å². The van der Waals surface area contributed by atoms with Gasteiger partial charge in [0, 0.05) is 72.2 Å². The lowest BCUT2D eigenvalue weighted by molar-refractivity contribution is -0.155. The number of cyclic esters (lactones) is 1. The summed E-state index contributed by atoms with van der Waals surface area (Å²) in [7, 11) is 5.46. The van der Waals surface area contributed by atoms with Crippen molar-refractivity contribution >= 4 is 80.7 Å². The van der Waals surface area contributed by atoms with Gasteiger partial charge in [-0.05, 0) is 77.0 Å². The molecule has 2 aliphatic rings. The zero-order valence-electron chi connectivity index (χ0n) is 33.2. The number of amides is 2. The van der Waals surface area contributed by atoms with Crippen LogP contribution in [0.3, 0.4) is 0 Å². The van der Waals surface area contributed by atoms with Gasteiger partial charge in [0.05, 0.1) is 34.8 Å². The summed E-state index contributed by atoms with van der Waals surface area (Å²) in [6.07, 6.45) is 2.75. The molecule has 308 valence electrons. The number of esters is 1. The number of aryl methyl sites for hydroxylation is 1. The predicted molar refractivity (Wildman–Crippen MR) is 235 cm³/mol. The number of hydrazine groups is 1. The number of aromatic nitrogens is 3. The number of alkyl carbamates (subject to hydrolysis) is 1. The third-order valence-corrected chi connectivity index (χ3v) is 10.8. The number of rotatable bonds is 8. The van der Waals surface area contributed by atoms with Crippen LogP contribution in [-0.4, -0.2) is 102 Å². The van der Waals surface area contributed by atoms with Crippen LogP contribution in [0.25, 0.3) is 33.4 Å². The van der Waals surface area contributed by atoms with E-state index in [1.807, 2.05) is 37.4 Å². The van der Waals surface area contributed by atoms with Gasteiger partial charge in [-0.25, -0.2) is 15.2 Å². The molecule has 56 heavy (non-hydrogen) atoms. The molecule has 17 heteroatoms. The second kappa shape index (κ2) is 20.4. The van der Waals surface area contributed by atoms with E-state index in [0.29, 0.717) is 37.4 Å². The number of benzene rings is 1. The fourth-order valence-electron chi connectivity index (χ4n) is 7.07. The molecule has 6 rings (SSSR count). The number of nitrogens with one attached hydrogen (secondary N) is 2. The summed E-state index contributed by atoms with van der Waals surface area (Å²) in [5.74, 6) is -0.793. The number of methoxy groups -OCH3 is 1. The third kappa shape index (κ3) is 10.6. The highest BCUT2D eigenvalue weighted by molar-refractivity contribution is 7.59. The largest absolute Gasteiger partial charge is 0.464 e. The van der Waals surface area contributed by atoms with E-state index in [0.717, 1.165) is 51.2 Å². The van der Waals surface area contributed by atoms with Crippen LogP contribution in [-0.2, 0) is 43.2 Å². The maximum absolute atomic E-state index is 14.0. The molecule has 1 aromatic carbocycles. The molecule has 3 atom stereocenters. The fourth-order valence-corrected chi connectivity index (χ4v) is 7.92. The topological polar surface area (TPSA) is 140 Å². The molecule has 3 aromatic heterocycles. The molecule has 0 spiro atoms. The predicted octanol–water partition coefficient (Wildman–Crippen LogP) is 5.71. The standard InChI is InChI=1S/C39H51N7O6S.3H2S/c1-8-45-32-14-13-25-19-27(32)28(35(45)26-11-9-15-40-34(26)24(2)50-7)21-39(3,4)23-52-37(48)29-12-10-16-46(43-29)36(47)30(20-33-41-31(25)22-53-33)42-38(49)51-18-17-44(5)6;;;/h9,11,13-15,19,22,24,29-30,43H,8,10,12,16-18,20-21,23H2,1-7H3,(H,42,49);3*1H2/t24-,29-,30-;;;/m0.../s1. The lowest BCUT2D eigenvalue weighted by Gasteiger charge is -2.35. The molecule has 4 aromatic rings. The Hall–Kier alpha value is -3.32. The smallest absolute Gasteiger partial charge is 0.407 e. The van der Waals surface area contributed by atoms with E-state index < -0.39 is 29.6 Å². The number of fused-ring (bicyclic) bond motifs is 6. The molecule has 5 heterocycles. The summed E-state index contributed by atoms with van der Waals surface area (Å²) < 4.78 is 19.5. The number of hydrogen-bond donors (Lipinski definition) is 2. The first kappa shape index (κ1) is 47.1. The number of hydrogen-bond acceptors (Lipinski definition) is 11. The Kier molecular flexibility index (Phi) is 17.1. The first-order valence-corrected chi connectivity index (χ1v) is 19.2. The Morgan fingerprint density at radius 1 is 1.20 bits per heavy atom. The monoisotopic (exact) mass is 847 g/mol. The maximum Gasteiger partial charge on any atom is 0.407 e. The lowest BCUT2D eigenvalue weighted by atomic mass is 9.84. The first-order valence-electron chi connectivity index (χ1n) is 18.3. The summed E-state index contributed by atoms with van der Waals surface area (Å²) in [5.41, 5.74) is 9.47. The fraction of sp³-hybridized carbons (Fsp3) is 0.513. The van der Waals surface area contributed by atoms with Gasteiger partial charge in [-0.15, -0.1) is 11.3 Å². The lowest BCUT2D eigenvalue weighted by Crippen LogP contribution is -2.60. The van der Waals surface area contributed by atoms with Gasteiger partial charge in [-0.1, -0.05) is 19.9 Å². The molecule has 2 amide bonds. The minimum absolute atomic E-state index is 0. The van der Waals surface area contributed by atoms with Crippen LogP contribution in [0.15, 0.2) is 41.9 Å². The molecule has 1 saturated heterocycles. The average molecular weight is 848 g/mol. The van der Waals surface area contributed by atoms with Crippen LogP contribution in [0.4, 0.5) is 4.79 Å². The molecule has 0 radical (unpaired) electrons. The highest BCUT2D eigenvalue weighted by Gasteiger charge is 2.36. The van der Waals surface area contributed by atoms with Crippen molar-refractivity contribution < 1.29 is 28.6 Å². The summed E-state index contributed by atoms with van der Waals surface area (Å²) in [5, 5.41) is 7.95. The van der Waals surface area contributed by atoms with Crippen molar-refractivity contribution in [1.29, 1.82) is 0 Å². The van der Waals surface area contributed by atoms with Crippen molar-refractivity contribution in [3.05, 3.63) is 58.2 Å². The van der Waals surface area contributed by atoms with Crippen LogP contribution in [0.5, 0.6) is 0 Å². The summed E-state index contributed by atoms with van der Waals surface area (Å²) >= 11 is 1.44. The molecule has 0 saturated carbocycles. The summed E-state index contributed by atoms with van der Waals surface area (Å²) in [4.78, 5) is 52.2. The number of thiazole rings is 1. The van der Waals surface area contributed by atoms with Crippen LogP contribution in [0.1, 0.15) is 62.9 Å². The van der Waals surface area contributed by atoms with Crippen molar-refractivity contribution in [2.75, 3.05) is 47.5 Å². The molecular formula is C39H57N7O6S4. The first-order chi connectivity index (χ1) is 25.4. The number of pyridine rings is 1. The minimum atomic E-state index is -0.973. The van der Waals surface area contributed by atoms with Crippen molar-refractivity contribution in [2.45, 2.75) is 78.1 Å². The Labute approximate surface area is 354 Å². The van der Waals surface area contributed by atoms with Gasteiger partial charge in [0.1, 0.15) is 18.7 Å². The Bertz CT molecular complexity index is 1970. The van der Waals surface area contributed by atoms with Gasteiger partial charge in [-0.3, -0.25) is 19.6 Å². The molecule has 1 fully saturated rings. The number of carbonyl (C=O) groups is 3. The maximum atomic E-state index is 14.0. The molecule has 13 nitrogen and oxygen atoms in total. The molecule has 6 bridgehead atoms. The molecule has 0 aliphatic carbocycles. The quantitative estimate of drug-likeness (QED) is 0.212. The van der Waals surface area contributed by atoms with Crippen molar-refractivity contribution in [1.82, 2.24) is 35.2 Å². The van der Waals surface area contributed by atoms with Crippen molar-refractivity contribution in [2.24, 2.45) is 5.41 Å². The van der Waals surface area contributed by atoms with E-state index in [2.05, 4.69) is 60.3 Å². The normalized spacial score (nSPS) is 18.8. The van der Waals surface area contributed by atoms with Crippen LogP contribution < -0.4 is 10.7 Å². The highest BCUT2D eigenvalue weighted by atomic mass is 32.1. The van der Waals surface area contributed by atoms with Crippen LogP contribution >= 0.6 is 51.8 Å². The number of ether oxygens (including phenoxy) is 3. The van der Waals surface area contributed by atoms with Gasteiger partial charge < -0.3 is 29.0 Å². The SMILES string of the molecule is CCn1c(-c2cccnc2[C@H](C)OC)c2c3cc(ccc31)-c1csc(n1)C[C@H](NC(=O)OCCN(C)C)C(=O)N1CCC[C@H](N1)C(=O)OCC(C)(C)C2.S.S.S. The Morgan fingerprint density at radius 2 is 1.96 bits per heavy atom. The third-order valence-electron chi connectivity index (χ3n) is 9.90. The van der Waals surface area contributed by atoms with E-state index >= 15 is 0 Å². The second-order valence-corrected chi connectivity index (χ2v) is 15.8. The van der Waals surface area contributed by atoms with E-state index in [1.54, 1.807) is 13.3 Å². The van der Waals surface area contributed by atoms with Crippen LogP contribution in [0, 0.1) is 5.41 Å². The number of carbonyl (C=O) groups excluding carboxylic acids is 3. The zero-order valence-corrected chi connectivity index (χ0v) is 37.0. The van der Waals surface area contributed by atoms with E-state index in [4.69, 9.17) is 24.2 Å². The van der Waals surface area contributed by atoms with Gasteiger partial charge in [-0.2, -0.15) is 40.5 Å². The van der Waals surface area contributed by atoms with Crippen molar-refractivity contribution in [3.63, 3.8) is 0 Å². The number of nitrogens with zero attached hydrogens (tertiary/aromatic N) is 5. The van der Waals surface area contributed by atoms with Gasteiger partial charge >= 0.3 is 12.1 Å². The van der Waals surface area contributed by atoms with E-state index in [9.17, 15) is 14.4 Å². The van der Waals surface area contributed by atoms with E-state index in [-0.39, 0.29) is 72.1 Å². The second-order valence-electron chi connectivity index (χ2n) is 14.8. The average Bonchev–Trinajstić information content (AvgIpc) is 3.74. The Morgan fingerprint density at radius 3 is 2.68 bits per heavy atom.